The SMILES string of the molecule is CC(=O)c1c(C)[nH]c(C(=O)CN[C@@H](c2ccccc2)c2ccc(Cl)cc2)c1C. The predicted molar refractivity (Wildman–Crippen MR) is 112 cm³/mol. The molecule has 0 aliphatic rings. The van der Waals surface area contributed by atoms with E-state index in [9.17, 15) is 9.59 Å². The van der Waals surface area contributed by atoms with Gasteiger partial charge < -0.3 is 4.98 Å². The Bertz CT molecular complexity index is 991. The van der Waals surface area contributed by atoms with E-state index < -0.39 is 0 Å². The molecule has 0 aliphatic heterocycles. The third-order valence-corrected chi connectivity index (χ3v) is 5.12. The summed E-state index contributed by atoms with van der Waals surface area (Å²) in [5, 5.41) is 4.03. The standard InChI is InChI=1S/C23H23ClN2O2/c1-14-21(16(3)27)15(2)26-22(14)20(28)13-25-23(17-7-5-4-6-8-17)18-9-11-19(24)12-10-18/h4-12,23,25-26H,13H2,1-3H3/t23-/m0/s1. The molecule has 2 aromatic carbocycles. The average molecular weight is 395 g/mol. The summed E-state index contributed by atoms with van der Waals surface area (Å²) in [6.45, 7) is 5.28. The van der Waals surface area contributed by atoms with E-state index in [-0.39, 0.29) is 24.2 Å². The number of H-pyrrole nitrogens is 1. The van der Waals surface area contributed by atoms with Gasteiger partial charge in [0.25, 0.3) is 0 Å². The summed E-state index contributed by atoms with van der Waals surface area (Å²) in [6, 6.07) is 17.4. The normalized spacial score (nSPS) is 12.0. The molecule has 0 unspecified atom stereocenters. The fourth-order valence-corrected chi connectivity index (χ4v) is 3.69. The van der Waals surface area contributed by atoms with Crippen molar-refractivity contribution in [3.63, 3.8) is 0 Å². The molecule has 0 fully saturated rings. The van der Waals surface area contributed by atoms with Crippen LogP contribution in [0.25, 0.3) is 0 Å². The van der Waals surface area contributed by atoms with Gasteiger partial charge in [-0.05, 0) is 49.6 Å². The first kappa shape index (κ1) is 20.1. The Morgan fingerprint density at radius 2 is 1.61 bits per heavy atom. The molecule has 144 valence electrons. The second-order valence-electron chi connectivity index (χ2n) is 6.88. The molecule has 1 atom stereocenters. The monoisotopic (exact) mass is 394 g/mol. The van der Waals surface area contributed by atoms with Gasteiger partial charge >= 0.3 is 0 Å². The molecule has 0 aliphatic carbocycles. The van der Waals surface area contributed by atoms with Crippen LogP contribution in [0.15, 0.2) is 54.6 Å². The van der Waals surface area contributed by atoms with Crippen molar-refractivity contribution >= 4 is 23.2 Å². The highest BCUT2D eigenvalue weighted by Gasteiger charge is 2.21. The summed E-state index contributed by atoms with van der Waals surface area (Å²) in [4.78, 5) is 27.8. The maximum Gasteiger partial charge on any atom is 0.193 e. The van der Waals surface area contributed by atoms with Gasteiger partial charge in [-0.25, -0.2) is 0 Å². The van der Waals surface area contributed by atoms with Crippen LogP contribution in [-0.2, 0) is 0 Å². The Balaban J connectivity index is 1.84. The molecule has 0 amide bonds. The van der Waals surface area contributed by atoms with E-state index in [1.54, 1.807) is 6.92 Å². The Morgan fingerprint density at radius 1 is 1.00 bits per heavy atom. The van der Waals surface area contributed by atoms with E-state index in [4.69, 9.17) is 11.6 Å². The number of carbonyl (C=O) groups excluding carboxylic acids is 2. The molecule has 28 heavy (non-hydrogen) atoms. The number of aromatic amines is 1. The molecule has 0 saturated carbocycles. The number of aryl methyl sites for hydroxylation is 1. The number of Topliss-reactive ketones (excluding diaryl/α,β-unsaturated/α-hetero) is 2. The van der Waals surface area contributed by atoms with Crippen LogP contribution in [0.5, 0.6) is 0 Å². The molecule has 3 rings (SSSR count). The Hall–Kier alpha value is -2.69. The third-order valence-electron chi connectivity index (χ3n) is 4.87. The van der Waals surface area contributed by atoms with Crippen molar-refractivity contribution in [3.8, 4) is 0 Å². The largest absolute Gasteiger partial charge is 0.355 e. The van der Waals surface area contributed by atoms with Gasteiger partial charge in [-0.15, -0.1) is 0 Å². The fourth-order valence-electron chi connectivity index (χ4n) is 3.57. The summed E-state index contributed by atoms with van der Waals surface area (Å²) in [5.74, 6) is -0.121. The number of ketones is 2. The second-order valence-corrected chi connectivity index (χ2v) is 7.32. The smallest absolute Gasteiger partial charge is 0.193 e. The number of nitrogens with one attached hydrogen (secondary N) is 2. The van der Waals surface area contributed by atoms with Crippen LogP contribution in [0, 0.1) is 13.8 Å². The van der Waals surface area contributed by atoms with Crippen LogP contribution in [-0.4, -0.2) is 23.1 Å². The van der Waals surface area contributed by atoms with E-state index >= 15 is 0 Å². The zero-order valence-electron chi connectivity index (χ0n) is 16.2. The number of hydrogen-bond acceptors (Lipinski definition) is 3. The number of aromatic nitrogens is 1. The van der Waals surface area contributed by atoms with Crippen molar-refractivity contribution < 1.29 is 9.59 Å². The quantitative estimate of drug-likeness (QED) is 0.551. The highest BCUT2D eigenvalue weighted by molar-refractivity contribution is 6.30. The molecule has 4 nitrogen and oxygen atoms in total. The van der Waals surface area contributed by atoms with Crippen LogP contribution in [0.3, 0.4) is 0 Å². The van der Waals surface area contributed by atoms with E-state index in [1.807, 2.05) is 61.5 Å². The van der Waals surface area contributed by atoms with Crippen LogP contribution >= 0.6 is 11.6 Å². The molecule has 2 N–H and O–H groups in total. The minimum atomic E-state index is -0.147. The maximum atomic E-state index is 12.8. The van der Waals surface area contributed by atoms with Crippen LogP contribution in [0.1, 0.15) is 56.2 Å². The molecule has 0 radical (unpaired) electrons. The molecule has 0 bridgehead atoms. The lowest BCUT2D eigenvalue weighted by molar-refractivity contribution is 0.0983. The van der Waals surface area contributed by atoms with Crippen LogP contribution < -0.4 is 5.32 Å². The second kappa shape index (κ2) is 8.55. The summed E-state index contributed by atoms with van der Waals surface area (Å²) in [5.41, 5.74) is 4.60. The van der Waals surface area contributed by atoms with Gasteiger partial charge in [-0.2, -0.15) is 0 Å². The first-order chi connectivity index (χ1) is 13.4. The van der Waals surface area contributed by atoms with E-state index in [2.05, 4.69) is 10.3 Å². The molecule has 0 saturated heterocycles. The predicted octanol–water partition coefficient (Wildman–Crippen LogP) is 5.05. The number of hydrogen-bond donors (Lipinski definition) is 2. The summed E-state index contributed by atoms with van der Waals surface area (Å²) < 4.78 is 0. The minimum absolute atomic E-state index is 0.0402. The molecular weight excluding hydrogens is 372 g/mol. The number of benzene rings is 2. The minimum Gasteiger partial charge on any atom is -0.355 e. The van der Waals surface area contributed by atoms with Gasteiger partial charge in [0.1, 0.15) is 0 Å². The van der Waals surface area contributed by atoms with Crippen LogP contribution in [0.4, 0.5) is 0 Å². The van der Waals surface area contributed by atoms with E-state index in [0.29, 0.717) is 21.8 Å². The fraction of sp³-hybridized carbons (Fsp3) is 0.217. The lowest BCUT2D eigenvalue weighted by Crippen LogP contribution is -2.29. The van der Waals surface area contributed by atoms with Crippen molar-refractivity contribution in [1.29, 1.82) is 0 Å². The number of halogens is 1. The van der Waals surface area contributed by atoms with Crippen molar-refractivity contribution in [3.05, 3.63) is 93.3 Å². The lowest BCUT2D eigenvalue weighted by atomic mass is 9.98. The number of carbonyl (C=O) groups is 2. The Labute approximate surface area is 169 Å². The molecule has 0 spiro atoms. The summed E-state index contributed by atoms with van der Waals surface area (Å²) in [7, 11) is 0. The zero-order chi connectivity index (χ0) is 20.3. The highest BCUT2D eigenvalue weighted by atomic mass is 35.5. The van der Waals surface area contributed by atoms with Gasteiger partial charge in [0.05, 0.1) is 18.3 Å². The lowest BCUT2D eigenvalue weighted by Gasteiger charge is -2.19. The highest BCUT2D eigenvalue weighted by Crippen LogP contribution is 2.24. The first-order valence-corrected chi connectivity index (χ1v) is 9.53. The van der Waals surface area contributed by atoms with Gasteiger partial charge in [0.2, 0.25) is 0 Å². The average Bonchev–Trinajstić information content (AvgIpc) is 2.98. The first-order valence-electron chi connectivity index (χ1n) is 9.15. The van der Waals surface area contributed by atoms with Gasteiger partial charge in [-0.3, -0.25) is 14.9 Å². The number of rotatable bonds is 7. The summed E-state index contributed by atoms with van der Waals surface area (Å²) >= 11 is 6.02. The molecule has 5 heteroatoms. The molecular formula is C23H23ClN2O2. The van der Waals surface area contributed by atoms with Gasteiger partial charge in [-0.1, -0.05) is 54.1 Å². The molecule has 3 aromatic rings. The van der Waals surface area contributed by atoms with Crippen LogP contribution in [0.2, 0.25) is 5.02 Å². The van der Waals surface area contributed by atoms with Gasteiger partial charge in [0, 0.05) is 16.3 Å². The Morgan fingerprint density at radius 3 is 2.18 bits per heavy atom. The van der Waals surface area contributed by atoms with Crippen molar-refractivity contribution in [2.75, 3.05) is 6.54 Å². The third kappa shape index (κ3) is 4.24. The van der Waals surface area contributed by atoms with Gasteiger partial charge in [0.15, 0.2) is 11.6 Å². The topological polar surface area (TPSA) is 62.0 Å². The van der Waals surface area contributed by atoms with E-state index in [0.717, 1.165) is 16.8 Å². The van der Waals surface area contributed by atoms with Crippen molar-refractivity contribution in [1.82, 2.24) is 10.3 Å². The molecule has 1 aromatic heterocycles. The van der Waals surface area contributed by atoms with E-state index in [1.165, 1.54) is 6.92 Å². The Kier molecular flexibility index (Phi) is 6.12. The zero-order valence-corrected chi connectivity index (χ0v) is 16.9. The maximum absolute atomic E-state index is 12.8. The van der Waals surface area contributed by atoms with Crippen molar-refractivity contribution in [2.45, 2.75) is 26.8 Å². The van der Waals surface area contributed by atoms with Crippen molar-refractivity contribution in [2.24, 2.45) is 0 Å². The molecule has 1 heterocycles. The summed E-state index contributed by atoms with van der Waals surface area (Å²) in [6.07, 6.45) is 0.